The van der Waals surface area contributed by atoms with E-state index in [0.29, 0.717) is 5.56 Å². The molecular weight excluding hydrogens is 593 g/mol. The molecule has 0 aliphatic carbocycles. The molecule has 1 fully saturated rings. The molecule has 2 aromatic carbocycles. The number of benzene rings is 2. The highest BCUT2D eigenvalue weighted by molar-refractivity contribution is 7.92. The first-order valence-corrected chi connectivity index (χ1v) is 16.1. The van der Waals surface area contributed by atoms with Gasteiger partial charge in [-0.15, -0.1) is 0 Å². The molecule has 1 aliphatic rings. The summed E-state index contributed by atoms with van der Waals surface area (Å²) < 4.78 is 76.5. The third kappa shape index (κ3) is 8.72. The Balaban J connectivity index is 1.89. The summed E-state index contributed by atoms with van der Waals surface area (Å²) in [7, 11) is -5.17. The molecule has 1 heterocycles. The van der Waals surface area contributed by atoms with Gasteiger partial charge in [-0.3, -0.25) is 4.79 Å². The first-order valence-electron chi connectivity index (χ1n) is 12.9. The zero-order valence-electron chi connectivity index (χ0n) is 23.9. The molecule has 1 aliphatic heterocycles. The van der Waals surface area contributed by atoms with Gasteiger partial charge in [0, 0.05) is 27.1 Å². The van der Waals surface area contributed by atoms with Crippen LogP contribution in [-0.4, -0.2) is 93.8 Å². The molecule has 3 rings (SSSR count). The second-order valence-corrected chi connectivity index (χ2v) is 15.0. The minimum absolute atomic E-state index is 0.104. The van der Waals surface area contributed by atoms with Crippen molar-refractivity contribution >= 4 is 37.8 Å². The standard InChI is InChI=1S/C27H34FN3O9S2/c1-27(2,3)40-25(33)22(16-18-6-10-20(11-7-18)39-26(34)30(4)5)29-24(32)23-17-41(35,36)15-14-31(23)42(37,38)21-12-8-19(28)9-13-21/h6-13,22-23H,14-17H2,1-5H3,(H,29,32)/t22-,23-/m0/s1. The Morgan fingerprint density at radius 2 is 1.67 bits per heavy atom. The molecule has 0 radical (unpaired) electrons. The molecule has 0 spiro atoms. The van der Waals surface area contributed by atoms with Gasteiger partial charge >= 0.3 is 12.1 Å². The van der Waals surface area contributed by atoms with Gasteiger partial charge in [0.05, 0.1) is 16.4 Å². The lowest BCUT2D eigenvalue weighted by atomic mass is 10.0. The zero-order valence-corrected chi connectivity index (χ0v) is 25.5. The van der Waals surface area contributed by atoms with Crippen molar-refractivity contribution in [1.82, 2.24) is 14.5 Å². The monoisotopic (exact) mass is 627 g/mol. The number of nitrogens with zero attached hydrogens (tertiary/aromatic N) is 2. The Hall–Kier alpha value is -3.56. The average molecular weight is 628 g/mol. The molecule has 0 saturated carbocycles. The van der Waals surface area contributed by atoms with E-state index >= 15 is 0 Å². The lowest BCUT2D eigenvalue weighted by Crippen LogP contribution is -2.60. The van der Waals surface area contributed by atoms with Crippen LogP contribution in [0.15, 0.2) is 53.4 Å². The highest BCUT2D eigenvalue weighted by Gasteiger charge is 2.44. The average Bonchev–Trinajstić information content (AvgIpc) is 2.87. The van der Waals surface area contributed by atoms with Gasteiger partial charge in [-0.25, -0.2) is 30.8 Å². The molecule has 42 heavy (non-hydrogen) atoms. The largest absolute Gasteiger partial charge is 0.458 e. The fraction of sp³-hybridized carbons (Fsp3) is 0.444. The molecule has 230 valence electrons. The van der Waals surface area contributed by atoms with Crippen molar-refractivity contribution in [3.05, 3.63) is 59.9 Å². The van der Waals surface area contributed by atoms with E-state index in [1.807, 2.05) is 0 Å². The van der Waals surface area contributed by atoms with Crippen LogP contribution in [0.4, 0.5) is 9.18 Å². The van der Waals surface area contributed by atoms with E-state index in [9.17, 15) is 35.6 Å². The van der Waals surface area contributed by atoms with Crippen molar-refractivity contribution in [2.75, 3.05) is 32.1 Å². The maximum Gasteiger partial charge on any atom is 0.414 e. The van der Waals surface area contributed by atoms with E-state index in [0.717, 1.165) is 28.6 Å². The van der Waals surface area contributed by atoms with Crippen LogP contribution in [0.2, 0.25) is 0 Å². The quantitative estimate of drug-likeness (QED) is 0.431. The fourth-order valence-corrected chi connectivity index (χ4v) is 7.24. The summed E-state index contributed by atoms with van der Waals surface area (Å²) in [6, 6.07) is 7.02. The summed E-state index contributed by atoms with van der Waals surface area (Å²) >= 11 is 0. The molecule has 1 N–H and O–H groups in total. The van der Waals surface area contributed by atoms with E-state index in [4.69, 9.17) is 9.47 Å². The summed E-state index contributed by atoms with van der Waals surface area (Å²) in [4.78, 5) is 39.4. The predicted molar refractivity (Wildman–Crippen MR) is 150 cm³/mol. The Labute approximate surface area is 244 Å². The molecule has 2 amide bonds. The van der Waals surface area contributed by atoms with Crippen LogP contribution < -0.4 is 10.1 Å². The summed E-state index contributed by atoms with van der Waals surface area (Å²) in [5.41, 5.74) is -0.404. The molecule has 12 nitrogen and oxygen atoms in total. The van der Waals surface area contributed by atoms with Crippen molar-refractivity contribution in [3.8, 4) is 5.75 Å². The summed E-state index contributed by atoms with van der Waals surface area (Å²) in [5.74, 6) is -3.61. The van der Waals surface area contributed by atoms with E-state index < -0.39 is 79.4 Å². The van der Waals surface area contributed by atoms with E-state index in [2.05, 4.69) is 5.32 Å². The number of ether oxygens (including phenoxy) is 2. The topological polar surface area (TPSA) is 156 Å². The minimum Gasteiger partial charge on any atom is -0.458 e. The number of amides is 2. The van der Waals surface area contributed by atoms with Crippen LogP contribution in [0.5, 0.6) is 5.75 Å². The minimum atomic E-state index is -4.41. The maximum absolute atomic E-state index is 13.5. The molecule has 0 aromatic heterocycles. The van der Waals surface area contributed by atoms with Crippen LogP contribution in [-0.2, 0) is 40.6 Å². The van der Waals surface area contributed by atoms with Crippen molar-refractivity contribution in [1.29, 1.82) is 0 Å². The second-order valence-electron chi connectivity index (χ2n) is 10.9. The number of sulfone groups is 1. The van der Waals surface area contributed by atoms with Gasteiger partial charge in [0.1, 0.15) is 29.3 Å². The first kappa shape index (κ1) is 32.9. The Bertz CT molecular complexity index is 1520. The van der Waals surface area contributed by atoms with Gasteiger partial charge in [-0.1, -0.05) is 12.1 Å². The van der Waals surface area contributed by atoms with Gasteiger partial charge < -0.3 is 19.7 Å². The second kappa shape index (κ2) is 12.8. The lowest BCUT2D eigenvalue weighted by Gasteiger charge is -2.34. The SMILES string of the molecule is CN(C)C(=O)Oc1ccc(C[C@H](NC(=O)[C@@H]2CS(=O)(=O)CCN2S(=O)(=O)c2ccc(F)cc2)C(=O)OC(C)(C)C)cc1. The molecule has 15 heteroatoms. The van der Waals surface area contributed by atoms with Crippen molar-refractivity contribution in [3.63, 3.8) is 0 Å². The maximum atomic E-state index is 13.5. The molecular formula is C27H34FN3O9S2. The van der Waals surface area contributed by atoms with Gasteiger partial charge in [0.25, 0.3) is 0 Å². The number of nitrogens with one attached hydrogen (secondary N) is 1. The Morgan fingerprint density at radius 3 is 2.21 bits per heavy atom. The molecule has 2 atom stereocenters. The van der Waals surface area contributed by atoms with Crippen LogP contribution in [0.25, 0.3) is 0 Å². The van der Waals surface area contributed by atoms with Crippen molar-refractivity contribution in [2.45, 2.75) is 49.8 Å². The zero-order chi connectivity index (χ0) is 31.5. The van der Waals surface area contributed by atoms with Gasteiger partial charge in [0.2, 0.25) is 15.9 Å². The summed E-state index contributed by atoms with van der Waals surface area (Å²) in [6.45, 7) is 4.37. The van der Waals surface area contributed by atoms with Crippen molar-refractivity contribution < 1.29 is 45.1 Å². The third-order valence-corrected chi connectivity index (χ3v) is 9.60. The molecule has 2 aromatic rings. The van der Waals surface area contributed by atoms with Crippen LogP contribution in [0.1, 0.15) is 26.3 Å². The van der Waals surface area contributed by atoms with E-state index in [1.165, 1.54) is 31.1 Å². The van der Waals surface area contributed by atoms with E-state index in [-0.39, 0.29) is 17.1 Å². The van der Waals surface area contributed by atoms with Crippen LogP contribution in [0, 0.1) is 5.82 Å². The summed E-state index contributed by atoms with van der Waals surface area (Å²) in [5, 5.41) is 2.48. The molecule has 0 unspecified atom stereocenters. The van der Waals surface area contributed by atoms with Crippen LogP contribution >= 0.6 is 0 Å². The number of rotatable bonds is 8. The summed E-state index contributed by atoms with van der Waals surface area (Å²) in [6.07, 6.45) is -0.698. The Morgan fingerprint density at radius 1 is 1.07 bits per heavy atom. The van der Waals surface area contributed by atoms with Gasteiger partial charge in [-0.05, 0) is 62.7 Å². The highest BCUT2D eigenvalue weighted by atomic mass is 32.2. The Kier molecular flexibility index (Phi) is 10.0. The number of carbonyl (C=O) groups excluding carboxylic acids is 3. The number of hydrogen-bond donors (Lipinski definition) is 1. The highest BCUT2D eigenvalue weighted by Crippen LogP contribution is 2.24. The predicted octanol–water partition coefficient (Wildman–Crippen LogP) is 1.74. The van der Waals surface area contributed by atoms with Crippen molar-refractivity contribution in [2.24, 2.45) is 0 Å². The lowest BCUT2D eigenvalue weighted by molar-refractivity contribution is -0.158. The third-order valence-electron chi connectivity index (χ3n) is 6.05. The first-order chi connectivity index (χ1) is 19.4. The number of sulfonamides is 1. The number of esters is 1. The molecule has 1 saturated heterocycles. The number of halogens is 1. The smallest absolute Gasteiger partial charge is 0.414 e. The molecule has 0 bridgehead atoms. The van der Waals surface area contributed by atoms with Crippen LogP contribution in [0.3, 0.4) is 0 Å². The number of hydrogen-bond acceptors (Lipinski definition) is 9. The van der Waals surface area contributed by atoms with Gasteiger partial charge in [0.15, 0.2) is 9.84 Å². The number of carbonyl (C=O) groups is 3. The normalized spacial score (nSPS) is 18.0. The van der Waals surface area contributed by atoms with Gasteiger partial charge in [-0.2, -0.15) is 4.31 Å². The fourth-order valence-electron chi connectivity index (χ4n) is 3.98. The van der Waals surface area contributed by atoms with E-state index in [1.54, 1.807) is 32.9 Å².